The average molecular weight is 639 g/mol. The Morgan fingerprint density at radius 3 is 1.32 bits per heavy atom. The first-order valence-electron chi connectivity index (χ1n) is 18.6. The van der Waals surface area contributed by atoms with Gasteiger partial charge in [0.25, 0.3) is 0 Å². The first kappa shape index (κ1) is 33.4. The molecule has 0 N–H and O–H groups in total. The number of hydrogen-bond acceptors (Lipinski definition) is 4. The van der Waals surface area contributed by atoms with Gasteiger partial charge in [0.1, 0.15) is 37.3 Å². The summed E-state index contributed by atoms with van der Waals surface area (Å²) < 4.78 is 18.0. The van der Waals surface area contributed by atoms with Crippen LogP contribution < -0.4 is 30.1 Å². The molecule has 2 aromatic carbocycles. The van der Waals surface area contributed by atoms with Crippen LogP contribution in [0.3, 0.4) is 0 Å². The molecule has 2 fully saturated rings. The molecule has 0 spiro atoms. The fraction of sp³-hybridized carbons (Fsp3) is 0.561. The summed E-state index contributed by atoms with van der Waals surface area (Å²) in [7, 11) is 0. The first-order valence-corrected chi connectivity index (χ1v) is 18.6. The Bertz CT molecular complexity index is 1670. The van der Waals surface area contributed by atoms with E-state index >= 15 is 0 Å². The lowest BCUT2D eigenvalue weighted by Gasteiger charge is -2.23. The van der Waals surface area contributed by atoms with Crippen LogP contribution in [-0.2, 0) is 0 Å². The molecule has 0 radical (unpaired) electrons. The van der Waals surface area contributed by atoms with Crippen LogP contribution in [0.5, 0.6) is 0 Å². The lowest BCUT2D eigenvalue weighted by Crippen LogP contribution is -2.38. The van der Waals surface area contributed by atoms with Crippen LogP contribution in [0.1, 0.15) is 83.8 Å². The topological polar surface area (TPSA) is 38.8 Å². The molecule has 252 valence electrons. The van der Waals surface area contributed by atoms with Gasteiger partial charge in [0.05, 0.1) is 12.1 Å². The van der Waals surface area contributed by atoms with Crippen molar-refractivity contribution < 1.29 is 8.83 Å². The summed E-state index contributed by atoms with van der Waals surface area (Å²) in [6.45, 7) is 21.7. The zero-order valence-electron chi connectivity index (χ0n) is 30.0. The molecule has 0 amide bonds. The smallest absolute Gasteiger partial charge is 0.368 e. The Labute approximate surface area is 282 Å². The standard InChI is InChI=1S/C41H58N4O2/c1-7-42(8-2)34-14-16-36-30(5)26-40(46-38(36)28-34)44-22-18-32(19-23-44)12-11-13-33-20-24-45(25-21-33)41-27-31(6)37-17-15-35(29-39(37)47-41)43(9-3)10-4/h14-17,26-29,32-33H,7-13,18-25H2,1-6H3/q+2. The molecule has 6 rings (SSSR count). The van der Waals surface area contributed by atoms with Crippen molar-refractivity contribution >= 4 is 33.3 Å². The summed E-state index contributed by atoms with van der Waals surface area (Å²) >= 11 is 0. The maximum atomic E-state index is 6.54. The Morgan fingerprint density at radius 1 is 0.574 bits per heavy atom. The predicted molar refractivity (Wildman–Crippen MR) is 198 cm³/mol. The molecule has 4 heterocycles. The van der Waals surface area contributed by atoms with Gasteiger partial charge in [0, 0.05) is 86.1 Å². The molecule has 4 aromatic rings. The highest BCUT2D eigenvalue weighted by Crippen LogP contribution is 2.27. The molecule has 47 heavy (non-hydrogen) atoms. The van der Waals surface area contributed by atoms with Crippen molar-refractivity contribution in [3.05, 3.63) is 70.8 Å². The van der Waals surface area contributed by atoms with Crippen LogP contribution in [0.4, 0.5) is 11.4 Å². The number of nitrogens with zero attached hydrogens (tertiary/aromatic N) is 4. The van der Waals surface area contributed by atoms with Gasteiger partial charge in [-0.25, -0.2) is 0 Å². The fourth-order valence-corrected chi connectivity index (χ4v) is 8.11. The van der Waals surface area contributed by atoms with Crippen molar-refractivity contribution in [3.8, 4) is 0 Å². The van der Waals surface area contributed by atoms with E-state index in [-0.39, 0.29) is 0 Å². The predicted octanol–water partition coefficient (Wildman–Crippen LogP) is 7.72. The first-order chi connectivity index (χ1) is 22.9. The van der Waals surface area contributed by atoms with Crippen molar-refractivity contribution in [1.29, 1.82) is 0 Å². The molecule has 2 aliphatic rings. The third-order valence-electron chi connectivity index (χ3n) is 11.2. The molecule has 0 saturated carbocycles. The molecule has 2 saturated heterocycles. The maximum absolute atomic E-state index is 6.54. The van der Waals surface area contributed by atoms with Crippen molar-refractivity contribution in [1.82, 2.24) is 9.15 Å². The number of benzene rings is 2. The Balaban J connectivity index is 1.03. The molecule has 0 aliphatic carbocycles. The zero-order valence-corrected chi connectivity index (χ0v) is 30.0. The monoisotopic (exact) mass is 638 g/mol. The molecule has 0 unspecified atom stereocenters. The highest BCUT2D eigenvalue weighted by atomic mass is 16.3. The largest absolute Gasteiger partial charge is 0.405 e. The lowest BCUT2D eigenvalue weighted by atomic mass is 9.87. The maximum Gasteiger partial charge on any atom is 0.368 e. The van der Waals surface area contributed by atoms with E-state index in [1.807, 2.05) is 0 Å². The van der Waals surface area contributed by atoms with Gasteiger partial charge in [-0.2, -0.15) is 9.15 Å². The number of hydrogen-bond donors (Lipinski definition) is 0. The van der Waals surface area contributed by atoms with Crippen molar-refractivity contribution in [2.24, 2.45) is 11.8 Å². The van der Waals surface area contributed by atoms with Crippen molar-refractivity contribution in [3.63, 3.8) is 0 Å². The zero-order chi connectivity index (χ0) is 32.9. The van der Waals surface area contributed by atoms with Crippen LogP contribution >= 0.6 is 0 Å². The van der Waals surface area contributed by atoms with Crippen LogP contribution in [0.25, 0.3) is 21.9 Å². The average Bonchev–Trinajstić information content (AvgIpc) is 3.09. The van der Waals surface area contributed by atoms with E-state index in [4.69, 9.17) is 8.83 Å². The summed E-state index contributed by atoms with van der Waals surface area (Å²) in [6.07, 6.45) is 9.16. The Hall–Kier alpha value is -3.54. The molecule has 0 bridgehead atoms. The van der Waals surface area contributed by atoms with Gasteiger partial charge < -0.3 is 18.6 Å². The van der Waals surface area contributed by atoms with Gasteiger partial charge in [0.15, 0.2) is 0 Å². The minimum atomic E-state index is 0.836. The molecular formula is C41H58N4O2+2. The van der Waals surface area contributed by atoms with E-state index in [2.05, 4.69) is 109 Å². The van der Waals surface area contributed by atoms with E-state index in [1.54, 1.807) is 0 Å². The van der Waals surface area contributed by atoms with Gasteiger partial charge in [0.2, 0.25) is 0 Å². The summed E-state index contributed by atoms with van der Waals surface area (Å²) in [5.41, 5.74) is 9.18. The minimum absolute atomic E-state index is 0.836. The third kappa shape index (κ3) is 7.47. The number of anilines is 2. The second kappa shape index (κ2) is 15.1. The van der Waals surface area contributed by atoms with Gasteiger partial charge >= 0.3 is 11.1 Å². The highest BCUT2D eigenvalue weighted by Gasteiger charge is 2.26. The van der Waals surface area contributed by atoms with E-state index in [9.17, 15) is 0 Å². The van der Waals surface area contributed by atoms with E-state index in [0.717, 1.165) is 86.5 Å². The number of piperidine rings is 2. The molecule has 2 aliphatic heterocycles. The Morgan fingerprint density at radius 2 is 0.957 bits per heavy atom. The van der Waals surface area contributed by atoms with Gasteiger partial charge in [-0.1, -0.05) is 6.42 Å². The van der Waals surface area contributed by atoms with E-state index < -0.39 is 0 Å². The van der Waals surface area contributed by atoms with E-state index in [1.165, 1.54) is 78.2 Å². The SMILES string of the molecule is CCN(CC)c1ccc2c(C)cc(=[N+]3CCC(CCCC4CC[N+](=c5cc(C)c6ccc(N(CC)CC)cc6o5)CC4)CC3)oc2c1. The van der Waals surface area contributed by atoms with Crippen LogP contribution in [-0.4, -0.2) is 52.4 Å². The van der Waals surface area contributed by atoms with Crippen molar-refractivity contribution in [2.45, 2.75) is 86.5 Å². The second-order valence-electron chi connectivity index (χ2n) is 14.0. The third-order valence-corrected chi connectivity index (χ3v) is 11.2. The quantitative estimate of drug-likeness (QED) is 0.167. The van der Waals surface area contributed by atoms with Crippen LogP contribution in [0.2, 0.25) is 0 Å². The molecule has 2 aromatic heterocycles. The van der Waals surface area contributed by atoms with Crippen molar-refractivity contribution in [2.75, 3.05) is 62.2 Å². The van der Waals surface area contributed by atoms with Gasteiger partial charge in [-0.05, 0) is 102 Å². The summed E-state index contributed by atoms with van der Waals surface area (Å²) in [6, 6.07) is 17.9. The summed E-state index contributed by atoms with van der Waals surface area (Å²) in [5.74, 6) is 1.67. The molecule has 6 heteroatoms. The Kier molecular flexibility index (Phi) is 10.7. The fourth-order valence-electron chi connectivity index (χ4n) is 8.11. The molecular weight excluding hydrogens is 580 g/mol. The summed E-state index contributed by atoms with van der Waals surface area (Å²) in [4.78, 5) is 4.77. The number of rotatable bonds is 10. The van der Waals surface area contributed by atoms with E-state index in [0.29, 0.717) is 0 Å². The normalized spacial score (nSPS) is 18.7. The number of fused-ring (bicyclic) bond motifs is 2. The highest BCUT2D eigenvalue weighted by molar-refractivity contribution is 5.84. The summed E-state index contributed by atoms with van der Waals surface area (Å²) in [5, 5.41) is 2.44. The van der Waals surface area contributed by atoms with Gasteiger partial charge in [-0.15, -0.1) is 0 Å². The second-order valence-corrected chi connectivity index (χ2v) is 14.0. The van der Waals surface area contributed by atoms with Crippen LogP contribution in [0.15, 0.2) is 57.4 Å². The lowest BCUT2D eigenvalue weighted by molar-refractivity contribution is 0.266. The van der Waals surface area contributed by atoms with Gasteiger partial charge in [-0.3, -0.25) is 0 Å². The minimum Gasteiger partial charge on any atom is -0.405 e. The molecule has 6 nitrogen and oxygen atoms in total. The number of aryl methyl sites for hydroxylation is 2. The molecule has 0 atom stereocenters. The van der Waals surface area contributed by atoms with Crippen LogP contribution in [0, 0.1) is 25.7 Å².